The summed E-state index contributed by atoms with van der Waals surface area (Å²) >= 11 is 0. The van der Waals surface area contributed by atoms with Crippen LogP contribution >= 0.6 is 0 Å². The van der Waals surface area contributed by atoms with Gasteiger partial charge < -0.3 is 14.8 Å². The maximum Gasteiger partial charge on any atom is 0.324 e. The standard InChI is InChI=1S/C16H22F2N2O3/c1-20-13(15(17)18)8-12(14(20)16(21)23-3)19-9-10-4-6-11(22-2)7-5-10/h4-7,12-15,19H,8-9H2,1-3H3. The van der Waals surface area contributed by atoms with Gasteiger partial charge in [-0.2, -0.15) is 0 Å². The fourth-order valence-electron chi connectivity index (χ4n) is 2.96. The molecule has 1 saturated heterocycles. The quantitative estimate of drug-likeness (QED) is 0.805. The van der Waals surface area contributed by atoms with Crippen molar-refractivity contribution in [3.63, 3.8) is 0 Å². The molecule has 1 heterocycles. The second kappa shape index (κ2) is 7.70. The van der Waals surface area contributed by atoms with Crippen molar-refractivity contribution in [1.82, 2.24) is 10.2 Å². The number of carbonyl (C=O) groups is 1. The van der Waals surface area contributed by atoms with Crippen LogP contribution in [-0.4, -0.2) is 56.7 Å². The van der Waals surface area contributed by atoms with Crippen LogP contribution < -0.4 is 10.1 Å². The summed E-state index contributed by atoms with van der Waals surface area (Å²) in [6.45, 7) is 0.478. The Morgan fingerprint density at radius 1 is 1.35 bits per heavy atom. The third kappa shape index (κ3) is 3.97. The van der Waals surface area contributed by atoms with Gasteiger partial charge in [0.15, 0.2) is 0 Å². The minimum absolute atomic E-state index is 0.199. The molecular weight excluding hydrogens is 306 g/mol. The van der Waals surface area contributed by atoms with Gasteiger partial charge in [-0.25, -0.2) is 8.78 Å². The number of rotatable bonds is 6. The van der Waals surface area contributed by atoms with E-state index in [1.165, 1.54) is 19.1 Å². The molecule has 23 heavy (non-hydrogen) atoms. The molecule has 0 radical (unpaired) electrons. The molecule has 1 N–H and O–H groups in total. The van der Waals surface area contributed by atoms with Gasteiger partial charge in [0.2, 0.25) is 0 Å². The van der Waals surface area contributed by atoms with Gasteiger partial charge in [0, 0.05) is 12.6 Å². The molecule has 0 spiro atoms. The van der Waals surface area contributed by atoms with E-state index in [1.807, 2.05) is 24.3 Å². The molecule has 1 aliphatic rings. The van der Waals surface area contributed by atoms with Gasteiger partial charge in [0.25, 0.3) is 6.43 Å². The Morgan fingerprint density at radius 3 is 2.52 bits per heavy atom. The zero-order valence-electron chi connectivity index (χ0n) is 13.5. The molecule has 0 saturated carbocycles. The van der Waals surface area contributed by atoms with Crippen molar-refractivity contribution >= 4 is 5.97 Å². The second-order valence-corrected chi connectivity index (χ2v) is 5.61. The van der Waals surface area contributed by atoms with Gasteiger partial charge in [-0.05, 0) is 31.2 Å². The highest BCUT2D eigenvalue weighted by Crippen LogP contribution is 2.28. The lowest BCUT2D eigenvalue weighted by Gasteiger charge is -2.25. The third-order valence-electron chi connectivity index (χ3n) is 4.30. The van der Waals surface area contributed by atoms with Crippen molar-refractivity contribution in [2.45, 2.75) is 37.5 Å². The zero-order valence-corrected chi connectivity index (χ0v) is 13.5. The van der Waals surface area contributed by atoms with Crippen molar-refractivity contribution in [3.8, 4) is 5.75 Å². The number of nitrogens with one attached hydrogen (secondary N) is 1. The number of hydrogen-bond donors (Lipinski definition) is 1. The largest absolute Gasteiger partial charge is 0.497 e. The van der Waals surface area contributed by atoms with E-state index in [4.69, 9.17) is 9.47 Å². The normalized spacial score (nSPS) is 24.9. The molecule has 0 aromatic heterocycles. The molecule has 5 nitrogen and oxygen atoms in total. The topological polar surface area (TPSA) is 50.8 Å². The maximum absolute atomic E-state index is 13.1. The van der Waals surface area contributed by atoms with Gasteiger partial charge in [-0.1, -0.05) is 12.1 Å². The predicted octanol–water partition coefficient (Wildman–Crippen LogP) is 1.66. The molecule has 0 bridgehead atoms. The highest BCUT2D eigenvalue weighted by atomic mass is 19.3. The van der Waals surface area contributed by atoms with Crippen LogP contribution in [0.4, 0.5) is 8.78 Å². The molecular formula is C16H22F2N2O3. The molecule has 1 fully saturated rings. The van der Waals surface area contributed by atoms with Crippen LogP contribution in [0.25, 0.3) is 0 Å². The first kappa shape index (κ1) is 17.6. The summed E-state index contributed by atoms with van der Waals surface area (Å²) < 4.78 is 36.1. The predicted molar refractivity (Wildman–Crippen MR) is 81.6 cm³/mol. The Hall–Kier alpha value is -1.73. The molecule has 0 amide bonds. The summed E-state index contributed by atoms with van der Waals surface area (Å²) in [5, 5.41) is 3.20. The summed E-state index contributed by atoms with van der Waals surface area (Å²) in [6.07, 6.45) is -2.30. The highest BCUT2D eigenvalue weighted by Gasteiger charge is 2.46. The van der Waals surface area contributed by atoms with Crippen LogP contribution in [0.3, 0.4) is 0 Å². The number of benzene rings is 1. The smallest absolute Gasteiger partial charge is 0.324 e. The van der Waals surface area contributed by atoms with Gasteiger partial charge in [0.1, 0.15) is 11.8 Å². The Labute approximate surface area is 134 Å². The molecule has 2 rings (SSSR count). The summed E-state index contributed by atoms with van der Waals surface area (Å²) in [6, 6.07) is 5.40. The van der Waals surface area contributed by atoms with E-state index in [-0.39, 0.29) is 12.5 Å². The van der Waals surface area contributed by atoms with Crippen molar-refractivity contribution in [3.05, 3.63) is 29.8 Å². The summed E-state index contributed by atoms with van der Waals surface area (Å²) in [5.41, 5.74) is 0.984. The fraction of sp³-hybridized carbons (Fsp3) is 0.562. The lowest BCUT2D eigenvalue weighted by molar-refractivity contribution is -0.147. The first-order valence-electron chi connectivity index (χ1n) is 7.42. The minimum Gasteiger partial charge on any atom is -0.497 e. The summed E-state index contributed by atoms with van der Waals surface area (Å²) in [7, 11) is 4.40. The van der Waals surface area contributed by atoms with Crippen molar-refractivity contribution in [1.29, 1.82) is 0 Å². The Morgan fingerprint density at radius 2 is 2.00 bits per heavy atom. The van der Waals surface area contributed by atoms with Gasteiger partial charge in [0.05, 0.1) is 20.3 Å². The van der Waals surface area contributed by atoms with E-state index in [2.05, 4.69) is 5.32 Å². The number of carbonyl (C=O) groups excluding carboxylic acids is 1. The van der Waals surface area contributed by atoms with Gasteiger partial charge in [-0.15, -0.1) is 0 Å². The van der Waals surface area contributed by atoms with E-state index < -0.39 is 24.5 Å². The summed E-state index contributed by atoms with van der Waals surface area (Å²) in [4.78, 5) is 13.3. The van der Waals surface area contributed by atoms with Crippen LogP contribution in [0.5, 0.6) is 5.75 Å². The Balaban J connectivity index is 2.04. The van der Waals surface area contributed by atoms with Crippen molar-refractivity contribution in [2.24, 2.45) is 0 Å². The highest BCUT2D eigenvalue weighted by molar-refractivity contribution is 5.77. The number of halogens is 2. The molecule has 3 unspecified atom stereocenters. The van der Waals surface area contributed by atoms with E-state index in [9.17, 15) is 13.6 Å². The average molecular weight is 328 g/mol. The van der Waals surface area contributed by atoms with E-state index in [0.29, 0.717) is 6.54 Å². The SMILES string of the molecule is COC(=O)C1C(NCc2ccc(OC)cc2)CC(C(F)F)N1C. The number of nitrogens with zero attached hydrogens (tertiary/aromatic N) is 1. The van der Waals surface area contributed by atoms with E-state index >= 15 is 0 Å². The summed E-state index contributed by atoms with van der Waals surface area (Å²) in [5.74, 6) is 0.252. The molecule has 0 aliphatic carbocycles. The number of hydrogen-bond acceptors (Lipinski definition) is 5. The van der Waals surface area contributed by atoms with Crippen LogP contribution in [0.1, 0.15) is 12.0 Å². The average Bonchev–Trinajstić information content (AvgIpc) is 2.89. The number of ether oxygens (including phenoxy) is 2. The minimum atomic E-state index is -2.50. The van der Waals surface area contributed by atoms with Gasteiger partial charge >= 0.3 is 5.97 Å². The number of esters is 1. The third-order valence-corrected chi connectivity index (χ3v) is 4.30. The Kier molecular flexibility index (Phi) is 5.90. The molecule has 3 atom stereocenters. The monoisotopic (exact) mass is 328 g/mol. The number of alkyl halides is 2. The van der Waals surface area contributed by atoms with Crippen LogP contribution in [0.15, 0.2) is 24.3 Å². The van der Waals surface area contributed by atoms with Crippen molar-refractivity contribution < 1.29 is 23.0 Å². The first-order chi connectivity index (χ1) is 11.0. The maximum atomic E-state index is 13.1. The first-order valence-corrected chi connectivity index (χ1v) is 7.42. The second-order valence-electron chi connectivity index (χ2n) is 5.61. The lowest BCUT2D eigenvalue weighted by atomic mass is 10.1. The molecule has 1 aromatic rings. The molecule has 1 aliphatic heterocycles. The van der Waals surface area contributed by atoms with Crippen LogP contribution in [0, 0.1) is 0 Å². The number of methoxy groups -OCH3 is 2. The van der Waals surface area contributed by atoms with Crippen LogP contribution in [-0.2, 0) is 16.1 Å². The molecule has 128 valence electrons. The zero-order chi connectivity index (χ0) is 17.0. The molecule has 1 aromatic carbocycles. The van der Waals surface area contributed by atoms with E-state index in [1.54, 1.807) is 7.11 Å². The van der Waals surface area contributed by atoms with Crippen LogP contribution in [0.2, 0.25) is 0 Å². The molecule has 7 heteroatoms. The number of likely N-dealkylation sites (N-methyl/N-ethyl adjacent to an activating group) is 1. The van der Waals surface area contributed by atoms with Crippen molar-refractivity contribution in [2.75, 3.05) is 21.3 Å². The van der Waals surface area contributed by atoms with E-state index in [0.717, 1.165) is 11.3 Å². The fourth-order valence-corrected chi connectivity index (χ4v) is 2.96. The van der Waals surface area contributed by atoms with Gasteiger partial charge in [-0.3, -0.25) is 9.69 Å². The lowest BCUT2D eigenvalue weighted by Crippen LogP contribution is -2.48. The Bertz CT molecular complexity index is 525. The number of likely N-dealkylation sites (tertiary alicyclic amines) is 1.